The molecule has 2 atom stereocenters. The number of hydrogen-bond acceptors (Lipinski definition) is 3. The first kappa shape index (κ1) is 12.3. The van der Waals surface area contributed by atoms with E-state index in [1.165, 1.54) is 12.8 Å². The van der Waals surface area contributed by atoms with Gasteiger partial charge in [0.2, 0.25) is 0 Å². The van der Waals surface area contributed by atoms with E-state index in [0.717, 1.165) is 12.2 Å². The van der Waals surface area contributed by atoms with E-state index in [4.69, 9.17) is 9.47 Å². The number of fused-ring (bicyclic) bond motifs is 1. The lowest BCUT2D eigenvalue weighted by Crippen LogP contribution is -2.36. The van der Waals surface area contributed by atoms with E-state index >= 15 is 0 Å². The monoisotopic (exact) mass is 261 g/mol. The Balaban J connectivity index is 1.72. The molecular formula is C15H19NO3. The highest BCUT2D eigenvalue weighted by atomic mass is 16.6. The Morgan fingerprint density at radius 1 is 1.21 bits per heavy atom. The molecule has 0 bridgehead atoms. The Morgan fingerprint density at radius 2 is 2.00 bits per heavy atom. The van der Waals surface area contributed by atoms with Gasteiger partial charge in [-0.2, -0.15) is 0 Å². The van der Waals surface area contributed by atoms with E-state index in [1.54, 1.807) is 12.1 Å². The van der Waals surface area contributed by atoms with Crippen LogP contribution in [0, 0.1) is 5.92 Å². The maximum absolute atomic E-state index is 12.2. The van der Waals surface area contributed by atoms with Crippen molar-refractivity contribution < 1.29 is 14.3 Å². The minimum atomic E-state index is -0.0178. The molecule has 1 aromatic carbocycles. The zero-order chi connectivity index (χ0) is 13.2. The molecule has 4 heteroatoms. The number of nitrogens with one attached hydrogen (secondary N) is 1. The van der Waals surface area contributed by atoms with E-state index in [-0.39, 0.29) is 5.91 Å². The molecule has 1 aromatic rings. The van der Waals surface area contributed by atoms with E-state index in [9.17, 15) is 4.79 Å². The third kappa shape index (κ3) is 2.53. The molecule has 1 aliphatic carbocycles. The third-order valence-corrected chi connectivity index (χ3v) is 3.98. The number of carbonyl (C=O) groups is 1. The molecule has 1 N–H and O–H groups in total. The highest BCUT2D eigenvalue weighted by Crippen LogP contribution is 2.31. The van der Waals surface area contributed by atoms with Gasteiger partial charge in [-0.3, -0.25) is 4.79 Å². The maximum Gasteiger partial charge on any atom is 0.251 e. The van der Waals surface area contributed by atoms with Gasteiger partial charge in [-0.15, -0.1) is 0 Å². The molecule has 2 aliphatic rings. The summed E-state index contributed by atoms with van der Waals surface area (Å²) in [4.78, 5) is 12.2. The molecule has 1 heterocycles. The molecule has 0 spiro atoms. The fourth-order valence-electron chi connectivity index (χ4n) is 2.80. The fourth-order valence-corrected chi connectivity index (χ4v) is 2.80. The number of amides is 1. The number of ether oxygens (including phenoxy) is 2. The predicted octanol–water partition coefficient (Wildman–Crippen LogP) is 2.38. The van der Waals surface area contributed by atoms with E-state index < -0.39 is 0 Å². The highest BCUT2D eigenvalue weighted by Gasteiger charge is 2.25. The van der Waals surface area contributed by atoms with Crippen LogP contribution in [0.3, 0.4) is 0 Å². The molecule has 19 heavy (non-hydrogen) atoms. The Morgan fingerprint density at radius 3 is 2.74 bits per heavy atom. The standard InChI is InChI=1S/C15H19NO3/c1-10-3-2-4-12(10)16-15(17)11-5-6-13-14(9-11)19-8-7-18-13/h5-6,9-10,12H,2-4,7-8H2,1H3,(H,16,17)/t10-,12+/m1/s1. The van der Waals surface area contributed by atoms with E-state index in [1.807, 2.05) is 6.07 Å². The van der Waals surface area contributed by atoms with Gasteiger partial charge in [-0.05, 0) is 37.0 Å². The van der Waals surface area contributed by atoms with Crippen molar-refractivity contribution in [2.24, 2.45) is 5.92 Å². The van der Waals surface area contributed by atoms with Crippen molar-refractivity contribution >= 4 is 5.91 Å². The van der Waals surface area contributed by atoms with Crippen molar-refractivity contribution in [2.75, 3.05) is 13.2 Å². The lowest BCUT2D eigenvalue weighted by atomic mass is 10.1. The lowest BCUT2D eigenvalue weighted by molar-refractivity contribution is 0.0928. The van der Waals surface area contributed by atoms with Crippen molar-refractivity contribution in [1.29, 1.82) is 0 Å². The first-order valence-corrected chi connectivity index (χ1v) is 6.94. The predicted molar refractivity (Wildman–Crippen MR) is 71.7 cm³/mol. The third-order valence-electron chi connectivity index (χ3n) is 3.98. The van der Waals surface area contributed by atoms with Crippen LogP contribution in [0.4, 0.5) is 0 Å². The molecule has 1 aliphatic heterocycles. The second kappa shape index (κ2) is 5.11. The van der Waals surface area contributed by atoms with Gasteiger partial charge in [0, 0.05) is 11.6 Å². The minimum absolute atomic E-state index is 0.0178. The van der Waals surface area contributed by atoms with Crippen molar-refractivity contribution in [3.8, 4) is 11.5 Å². The van der Waals surface area contributed by atoms with Crippen LogP contribution >= 0.6 is 0 Å². The number of rotatable bonds is 2. The summed E-state index contributed by atoms with van der Waals surface area (Å²) in [6.07, 6.45) is 3.48. The molecule has 0 radical (unpaired) electrons. The lowest BCUT2D eigenvalue weighted by Gasteiger charge is -2.20. The van der Waals surface area contributed by atoms with Gasteiger partial charge in [0.05, 0.1) is 0 Å². The second-order valence-electron chi connectivity index (χ2n) is 5.35. The summed E-state index contributed by atoms with van der Waals surface area (Å²) in [6.45, 7) is 3.30. The van der Waals surface area contributed by atoms with Gasteiger partial charge in [0.1, 0.15) is 13.2 Å². The normalized spacial score (nSPS) is 25.1. The quantitative estimate of drug-likeness (QED) is 0.889. The smallest absolute Gasteiger partial charge is 0.251 e. The maximum atomic E-state index is 12.2. The average molecular weight is 261 g/mol. The Kier molecular flexibility index (Phi) is 3.32. The molecule has 4 nitrogen and oxygen atoms in total. The molecule has 0 saturated heterocycles. The summed E-state index contributed by atoms with van der Waals surface area (Å²) in [5, 5.41) is 3.12. The number of carbonyl (C=O) groups excluding carboxylic acids is 1. The van der Waals surface area contributed by atoms with Crippen molar-refractivity contribution in [3.63, 3.8) is 0 Å². The van der Waals surface area contributed by atoms with Crippen molar-refractivity contribution in [2.45, 2.75) is 32.2 Å². The van der Waals surface area contributed by atoms with Gasteiger partial charge in [0.15, 0.2) is 11.5 Å². The largest absolute Gasteiger partial charge is 0.486 e. The minimum Gasteiger partial charge on any atom is -0.486 e. The van der Waals surface area contributed by atoms with Gasteiger partial charge in [-0.25, -0.2) is 0 Å². The van der Waals surface area contributed by atoms with E-state index in [0.29, 0.717) is 36.5 Å². The second-order valence-corrected chi connectivity index (χ2v) is 5.35. The average Bonchev–Trinajstić information content (AvgIpc) is 2.84. The molecule has 102 valence electrons. The van der Waals surface area contributed by atoms with Gasteiger partial charge in [-0.1, -0.05) is 13.3 Å². The Labute approximate surface area is 113 Å². The SMILES string of the molecule is C[C@@H]1CCC[C@@H]1NC(=O)c1ccc2c(c1)OCCO2. The summed E-state index contributed by atoms with van der Waals surface area (Å²) in [6, 6.07) is 5.67. The van der Waals surface area contributed by atoms with Crippen LogP contribution in [0.25, 0.3) is 0 Å². The van der Waals surface area contributed by atoms with Gasteiger partial charge >= 0.3 is 0 Å². The van der Waals surface area contributed by atoms with Crippen LogP contribution in [0.1, 0.15) is 36.5 Å². The van der Waals surface area contributed by atoms with Crippen LogP contribution in [-0.4, -0.2) is 25.2 Å². The molecule has 0 aromatic heterocycles. The van der Waals surface area contributed by atoms with E-state index in [2.05, 4.69) is 12.2 Å². The molecule has 3 rings (SSSR count). The topological polar surface area (TPSA) is 47.6 Å². The van der Waals surface area contributed by atoms with Crippen LogP contribution in [-0.2, 0) is 0 Å². The van der Waals surface area contributed by atoms with Crippen LogP contribution < -0.4 is 14.8 Å². The van der Waals surface area contributed by atoms with Crippen LogP contribution in [0.15, 0.2) is 18.2 Å². The first-order valence-electron chi connectivity index (χ1n) is 6.94. The summed E-state index contributed by atoms with van der Waals surface area (Å²) >= 11 is 0. The number of hydrogen-bond donors (Lipinski definition) is 1. The van der Waals surface area contributed by atoms with Gasteiger partial charge in [0.25, 0.3) is 5.91 Å². The summed E-state index contributed by atoms with van der Waals surface area (Å²) in [5.41, 5.74) is 0.642. The zero-order valence-corrected chi connectivity index (χ0v) is 11.1. The zero-order valence-electron chi connectivity index (χ0n) is 11.1. The molecular weight excluding hydrogens is 242 g/mol. The number of benzene rings is 1. The fraction of sp³-hybridized carbons (Fsp3) is 0.533. The van der Waals surface area contributed by atoms with Crippen molar-refractivity contribution in [1.82, 2.24) is 5.32 Å². The van der Waals surface area contributed by atoms with Crippen molar-refractivity contribution in [3.05, 3.63) is 23.8 Å². The first-order chi connectivity index (χ1) is 9.24. The molecule has 1 saturated carbocycles. The molecule has 1 fully saturated rings. The van der Waals surface area contributed by atoms with Gasteiger partial charge < -0.3 is 14.8 Å². The van der Waals surface area contributed by atoms with Crippen LogP contribution in [0.2, 0.25) is 0 Å². The highest BCUT2D eigenvalue weighted by molar-refractivity contribution is 5.95. The van der Waals surface area contributed by atoms with Crippen LogP contribution in [0.5, 0.6) is 11.5 Å². The Hall–Kier alpha value is -1.71. The summed E-state index contributed by atoms with van der Waals surface area (Å²) in [5.74, 6) is 1.94. The molecule has 0 unspecified atom stereocenters. The molecule has 1 amide bonds. The Bertz CT molecular complexity index is 486. The summed E-state index contributed by atoms with van der Waals surface area (Å²) < 4.78 is 11.0. The summed E-state index contributed by atoms with van der Waals surface area (Å²) in [7, 11) is 0.